The average Bonchev–Trinajstić information content (AvgIpc) is 2.92. The zero-order valence-electron chi connectivity index (χ0n) is 10.6. The Balaban J connectivity index is 2.00. The van der Waals surface area contributed by atoms with Crippen molar-refractivity contribution in [1.29, 1.82) is 0 Å². The monoisotopic (exact) mass is 290 g/mol. The molecule has 0 spiro atoms. The molecule has 0 saturated heterocycles. The van der Waals surface area contributed by atoms with Crippen LogP contribution in [0.25, 0.3) is 0 Å². The highest BCUT2D eigenvalue weighted by Crippen LogP contribution is 2.20. The first-order valence-electron chi connectivity index (χ1n) is 6.01. The minimum atomic E-state index is -0.957. The van der Waals surface area contributed by atoms with Gasteiger partial charge in [0, 0.05) is 5.69 Å². The number of anilines is 1. The van der Waals surface area contributed by atoms with E-state index in [4.69, 9.17) is 5.11 Å². The summed E-state index contributed by atoms with van der Waals surface area (Å²) in [6, 6.07) is 9.83. The second-order valence-corrected chi connectivity index (χ2v) is 4.95. The van der Waals surface area contributed by atoms with Crippen molar-refractivity contribution < 1.29 is 14.7 Å². The van der Waals surface area contributed by atoms with Crippen molar-refractivity contribution in [1.82, 2.24) is 5.32 Å². The molecule has 1 aromatic heterocycles. The van der Waals surface area contributed by atoms with Crippen LogP contribution in [0.2, 0.25) is 0 Å². The third-order valence-electron chi connectivity index (χ3n) is 2.66. The molecule has 0 aliphatic heterocycles. The zero-order valence-corrected chi connectivity index (χ0v) is 11.4. The molecule has 1 atom stereocenters. The normalized spacial score (nSPS) is 11.6. The number of carbonyl (C=O) groups is 2. The largest absolute Gasteiger partial charge is 0.481 e. The quantitative estimate of drug-likeness (QED) is 0.791. The Morgan fingerprint density at radius 3 is 2.55 bits per heavy atom. The van der Waals surface area contributed by atoms with Crippen LogP contribution in [0.4, 0.5) is 10.5 Å². The third kappa shape index (κ3) is 4.10. The average molecular weight is 290 g/mol. The molecule has 0 aliphatic carbocycles. The highest BCUT2D eigenvalue weighted by molar-refractivity contribution is 7.08. The molecule has 5 nitrogen and oxygen atoms in total. The number of hydrogen-bond donors (Lipinski definition) is 3. The molecule has 0 bridgehead atoms. The summed E-state index contributed by atoms with van der Waals surface area (Å²) in [6.07, 6.45) is -0.154. The minimum absolute atomic E-state index is 0.154. The smallest absolute Gasteiger partial charge is 0.319 e. The van der Waals surface area contributed by atoms with E-state index in [0.717, 1.165) is 5.56 Å². The molecule has 0 radical (unpaired) electrons. The van der Waals surface area contributed by atoms with Gasteiger partial charge in [-0.25, -0.2) is 4.79 Å². The van der Waals surface area contributed by atoms with E-state index in [1.165, 1.54) is 11.3 Å². The van der Waals surface area contributed by atoms with Gasteiger partial charge in [-0.15, -0.1) is 0 Å². The van der Waals surface area contributed by atoms with Crippen molar-refractivity contribution in [2.24, 2.45) is 0 Å². The van der Waals surface area contributed by atoms with E-state index in [-0.39, 0.29) is 6.42 Å². The van der Waals surface area contributed by atoms with Gasteiger partial charge < -0.3 is 15.7 Å². The Morgan fingerprint density at radius 2 is 1.95 bits per heavy atom. The molecule has 0 fully saturated rings. The molecule has 6 heteroatoms. The molecule has 0 aliphatic rings. The fourth-order valence-electron chi connectivity index (χ4n) is 1.75. The number of carbonyl (C=O) groups excluding carboxylic acids is 1. The Kier molecular flexibility index (Phi) is 4.73. The molecule has 1 aromatic carbocycles. The van der Waals surface area contributed by atoms with Gasteiger partial charge in [-0.1, -0.05) is 18.2 Å². The molecule has 2 rings (SSSR count). The van der Waals surface area contributed by atoms with Crippen molar-refractivity contribution in [3.8, 4) is 0 Å². The molecule has 1 heterocycles. The maximum Gasteiger partial charge on any atom is 0.319 e. The second-order valence-electron chi connectivity index (χ2n) is 4.17. The molecule has 2 amide bonds. The first-order valence-corrected chi connectivity index (χ1v) is 6.96. The number of urea groups is 1. The van der Waals surface area contributed by atoms with E-state index in [9.17, 15) is 9.59 Å². The summed E-state index contributed by atoms with van der Waals surface area (Å²) in [7, 11) is 0. The summed E-state index contributed by atoms with van der Waals surface area (Å²) in [6.45, 7) is 0. The molecule has 3 N–H and O–H groups in total. The van der Waals surface area contributed by atoms with Crippen LogP contribution in [0.15, 0.2) is 47.2 Å². The van der Waals surface area contributed by atoms with Gasteiger partial charge in [0.1, 0.15) is 0 Å². The van der Waals surface area contributed by atoms with E-state index in [1.54, 1.807) is 18.2 Å². The Labute approximate surface area is 120 Å². The van der Waals surface area contributed by atoms with Crippen LogP contribution >= 0.6 is 11.3 Å². The minimum Gasteiger partial charge on any atom is -0.481 e. The van der Waals surface area contributed by atoms with E-state index < -0.39 is 18.0 Å². The molecule has 0 saturated carbocycles. The number of nitrogens with one attached hydrogen (secondary N) is 2. The summed E-state index contributed by atoms with van der Waals surface area (Å²) in [5.41, 5.74) is 1.45. The van der Waals surface area contributed by atoms with E-state index >= 15 is 0 Å². The van der Waals surface area contributed by atoms with Gasteiger partial charge in [0.05, 0.1) is 12.5 Å². The lowest BCUT2D eigenvalue weighted by Gasteiger charge is -2.16. The first-order chi connectivity index (χ1) is 9.65. The SMILES string of the molecule is O=C(O)CC(NC(=O)Nc1ccccc1)c1ccsc1. The van der Waals surface area contributed by atoms with Crippen LogP contribution in [0.3, 0.4) is 0 Å². The van der Waals surface area contributed by atoms with Gasteiger partial charge in [-0.3, -0.25) is 4.79 Å². The number of para-hydroxylation sites is 1. The maximum atomic E-state index is 11.9. The van der Waals surface area contributed by atoms with Crippen LogP contribution < -0.4 is 10.6 Å². The summed E-state index contributed by atoms with van der Waals surface area (Å²) in [5.74, 6) is -0.957. The third-order valence-corrected chi connectivity index (χ3v) is 3.36. The van der Waals surface area contributed by atoms with Crippen molar-refractivity contribution in [2.45, 2.75) is 12.5 Å². The van der Waals surface area contributed by atoms with Gasteiger partial charge in [0.15, 0.2) is 0 Å². The van der Waals surface area contributed by atoms with Crippen molar-refractivity contribution >= 4 is 29.0 Å². The number of thiophene rings is 1. The zero-order chi connectivity index (χ0) is 14.4. The van der Waals surface area contributed by atoms with E-state index in [2.05, 4.69) is 10.6 Å². The number of rotatable bonds is 5. The number of amides is 2. The first kappa shape index (κ1) is 14.1. The van der Waals surface area contributed by atoms with Gasteiger partial charge in [0.2, 0.25) is 0 Å². The number of benzene rings is 1. The number of carboxylic acids is 1. The number of hydrogen-bond acceptors (Lipinski definition) is 3. The predicted molar refractivity (Wildman–Crippen MR) is 77.9 cm³/mol. The fraction of sp³-hybridized carbons (Fsp3) is 0.143. The van der Waals surface area contributed by atoms with Crippen LogP contribution in [0.1, 0.15) is 18.0 Å². The molecular weight excluding hydrogens is 276 g/mol. The lowest BCUT2D eigenvalue weighted by Crippen LogP contribution is -2.33. The maximum absolute atomic E-state index is 11.9. The van der Waals surface area contributed by atoms with Crippen molar-refractivity contribution in [3.05, 3.63) is 52.7 Å². The van der Waals surface area contributed by atoms with Crippen LogP contribution in [0, 0.1) is 0 Å². The Hall–Kier alpha value is -2.34. The Bertz CT molecular complexity index is 569. The van der Waals surface area contributed by atoms with E-state index in [1.807, 2.05) is 29.0 Å². The highest BCUT2D eigenvalue weighted by Gasteiger charge is 2.18. The molecule has 20 heavy (non-hydrogen) atoms. The number of carboxylic acid groups (broad SMARTS) is 1. The lowest BCUT2D eigenvalue weighted by atomic mass is 10.1. The molecule has 2 aromatic rings. The van der Waals surface area contributed by atoms with Crippen molar-refractivity contribution in [3.63, 3.8) is 0 Å². The summed E-state index contributed by atoms with van der Waals surface area (Å²) >= 11 is 1.46. The van der Waals surface area contributed by atoms with Crippen LogP contribution in [-0.2, 0) is 4.79 Å². The van der Waals surface area contributed by atoms with Crippen molar-refractivity contribution in [2.75, 3.05) is 5.32 Å². The van der Waals surface area contributed by atoms with E-state index in [0.29, 0.717) is 5.69 Å². The summed E-state index contributed by atoms with van der Waals surface area (Å²) in [5, 5.41) is 17.9. The summed E-state index contributed by atoms with van der Waals surface area (Å²) < 4.78 is 0. The molecule has 1 unspecified atom stereocenters. The lowest BCUT2D eigenvalue weighted by molar-refractivity contribution is -0.137. The van der Waals surface area contributed by atoms with Gasteiger partial charge in [0.25, 0.3) is 0 Å². The summed E-state index contributed by atoms with van der Waals surface area (Å²) in [4.78, 5) is 22.8. The Morgan fingerprint density at radius 1 is 1.20 bits per heavy atom. The van der Waals surface area contributed by atoms with Gasteiger partial charge in [-0.05, 0) is 34.5 Å². The molecular formula is C14H14N2O3S. The highest BCUT2D eigenvalue weighted by atomic mass is 32.1. The van der Waals surface area contributed by atoms with Crippen LogP contribution in [0.5, 0.6) is 0 Å². The standard InChI is InChI=1S/C14H14N2O3S/c17-13(18)8-12(10-6-7-20-9-10)16-14(19)15-11-4-2-1-3-5-11/h1-7,9,12H,8H2,(H,17,18)(H2,15,16,19). The van der Waals surface area contributed by atoms with Crippen LogP contribution in [-0.4, -0.2) is 17.1 Å². The number of aliphatic carboxylic acids is 1. The second kappa shape index (κ2) is 6.72. The molecule has 104 valence electrons. The topological polar surface area (TPSA) is 78.4 Å². The fourth-order valence-corrected chi connectivity index (χ4v) is 2.46. The predicted octanol–water partition coefficient (Wildman–Crippen LogP) is 3.09. The van der Waals surface area contributed by atoms with Gasteiger partial charge in [-0.2, -0.15) is 11.3 Å². The van der Waals surface area contributed by atoms with Gasteiger partial charge >= 0.3 is 12.0 Å².